The first-order valence-corrected chi connectivity index (χ1v) is 15.8. The quantitative estimate of drug-likeness (QED) is 0.106. The third-order valence-electron chi connectivity index (χ3n) is 11.8. The SMILES string of the molecule is CC(C)CCC[C@H](C)[C@H]1CC[C@H]2[C@H]3CC=C4C[C@@H](OC(=O)Oc5cccc([N+](=O)[O-])c5)CC[C@]4(C)[C@@H]3CC[C@]12C. The van der Waals surface area contributed by atoms with Gasteiger partial charge < -0.3 is 9.47 Å². The average molecular weight is 552 g/mol. The largest absolute Gasteiger partial charge is 0.514 e. The standard InChI is InChI=1S/C34H49NO5/c1-22(2)8-6-9-23(3)29-14-15-30-28-13-12-24-20-27(16-18-33(24,4)31(28)17-19-34(29,30)5)40-32(36)39-26-11-7-10-25(21-26)35(37)38/h7,10-12,21-23,27-31H,6,8-9,13-20H2,1-5H3/t23-,27-,28+,29+,30-,31+,33-,34+/m0/s1. The van der Waals surface area contributed by atoms with Gasteiger partial charge in [0.05, 0.1) is 11.0 Å². The highest BCUT2D eigenvalue weighted by Gasteiger charge is 2.59. The van der Waals surface area contributed by atoms with Crippen LogP contribution in [-0.4, -0.2) is 17.2 Å². The smallest absolute Gasteiger partial charge is 0.430 e. The Labute approximate surface area is 240 Å². The maximum absolute atomic E-state index is 12.5. The van der Waals surface area contributed by atoms with Crippen LogP contribution in [0.2, 0.25) is 0 Å². The summed E-state index contributed by atoms with van der Waals surface area (Å²) in [5.41, 5.74) is 2.03. The van der Waals surface area contributed by atoms with Crippen LogP contribution in [0, 0.1) is 56.5 Å². The third kappa shape index (κ3) is 5.56. The second-order valence-corrected chi connectivity index (χ2v) is 14.4. The second kappa shape index (κ2) is 11.5. The van der Waals surface area contributed by atoms with Gasteiger partial charge in [-0.05, 0) is 97.3 Å². The molecule has 3 saturated carbocycles. The molecule has 0 spiro atoms. The Morgan fingerprint density at radius 1 is 1.07 bits per heavy atom. The van der Waals surface area contributed by atoms with E-state index >= 15 is 0 Å². The van der Waals surface area contributed by atoms with Gasteiger partial charge in [-0.2, -0.15) is 0 Å². The van der Waals surface area contributed by atoms with E-state index in [1.807, 2.05) is 0 Å². The van der Waals surface area contributed by atoms with Gasteiger partial charge in [0.15, 0.2) is 0 Å². The van der Waals surface area contributed by atoms with Crippen molar-refractivity contribution in [3.63, 3.8) is 0 Å². The van der Waals surface area contributed by atoms with Crippen LogP contribution in [0.1, 0.15) is 105 Å². The molecule has 3 fully saturated rings. The maximum Gasteiger partial charge on any atom is 0.514 e. The fourth-order valence-electron chi connectivity index (χ4n) is 9.67. The van der Waals surface area contributed by atoms with Gasteiger partial charge >= 0.3 is 6.16 Å². The molecule has 0 amide bonds. The number of rotatable bonds is 8. The summed E-state index contributed by atoms with van der Waals surface area (Å²) < 4.78 is 11.0. The van der Waals surface area contributed by atoms with Gasteiger partial charge in [-0.3, -0.25) is 10.1 Å². The molecule has 0 saturated heterocycles. The number of nitrogens with zero attached hydrogens (tertiary/aromatic N) is 1. The Balaban J connectivity index is 1.21. The minimum Gasteiger partial charge on any atom is -0.430 e. The van der Waals surface area contributed by atoms with Crippen molar-refractivity contribution in [2.45, 2.75) is 111 Å². The topological polar surface area (TPSA) is 78.7 Å². The molecule has 8 atom stereocenters. The van der Waals surface area contributed by atoms with E-state index < -0.39 is 11.1 Å². The first-order valence-electron chi connectivity index (χ1n) is 15.8. The highest BCUT2D eigenvalue weighted by atomic mass is 16.7. The Kier molecular flexibility index (Phi) is 8.37. The van der Waals surface area contributed by atoms with Crippen molar-refractivity contribution in [3.8, 4) is 5.75 Å². The number of nitro benzene ring substituents is 1. The predicted molar refractivity (Wildman–Crippen MR) is 157 cm³/mol. The molecule has 40 heavy (non-hydrogen) atoms. The second-order valence-electron chi connectivity index (χ2n) is 14.4. The molecule has 4 aliphatic rings. The molecule has 0 aliphatic heterocycles. The van der Waals surface area contributed by atoms with Crippen LogP contribution in [0.15, 0.2) is 35.9 Å². The molecule has 0 radical (unpaired) electrons. The molecular weight excluding hydrogens is 502 g/mol. The van der Waals surface area contributed by atoms with Gasteiger partial charge in [-0.15, -0.1) is 0 Å². The molecule has 0 bridgehead atoms. The Hall–Kier alpha value is -2.37. The number of non-ortho nitro benzene ring substituents is 1. The van der Waals surface area contributed by atoms with E-state index in [-0.39, 0.29) is 23.0 Å². The number of carbonyl (C=O) groups is 1. The zero-order valence-electron chi connectivity index (χ0n) is 25.2. The van der Waals surface area contributed by atoms with Crippen molar-refractivity contribution in [1.29, 1.82) is 0 Å². The van der Waals surface area contributed by atoms with Crippen LogP contribution < -0.4 is 4.74 Å². The van der Waals surface area contributed by atoms with E-state index in [1.165, 1.54) is 74.8 Å². The first-order chi connectivity index (χ1) is 19.0. The van der Waals surface area contributed by atoms with Crippen LogP contribution in [0.4, 0.5) is 10.5 Å². The number of nitro groups is 1. The lowest BCUT2D eigenvalue weighted by Crippen LogP contribution is -2.51. The zero-order chi connectivity index (χ0) is 28.7. The summed E-state index contributed by atoms with van der Waals surface area (Å²) in [7, 11) is 0. The normalized spacial score (nSPS) is 35.6. The summed E-state index contributed by atoms with van der Waals surface area (Å²) in [5.74, 6) is 4.95. The molecule has 6 heteroatoms. The number of hydrogen-bond donors (Lipinski definition) is 0. The summed E-state index contributed by atoms with van der Waals surface area (Å²) in [5, 5.41) is 11.0. The molecule has 0 aromatic heterocycles. The van der Waals surface area contributed by atoms with Crippen LogP contribution in [0.25, 0.3) is 0 Å². The minimum atomic E-state index is -0.781. The Morgan fingerprint density at radius 2 is 1.88 bits per heavy atom. The number of hydrogen-bond acceptors (Lipinski definition) is 5. The van der Waals surface area contributed by atoms with E-state index in [0.29, 0.717) is 5.41 Å². The van der Waals surface area contributed by atoms with Gasteiger partial charge in [-0.25, -0.2) is 4.79 Å². The minimum absolute atomic E-state index is 0.113. The number of ether oxygens (including phenoxy) is 2. The fourth-order valence-corrected chi connectivity index (χ4v) is 9.67. The summed E-state index contributed by atoms with van der Waals surface area (Å²) in [6, 6.07) is 5.66. The first kappa shape index (κ1) is 29.1. The van der Waals surface area contributed by atoms with Crippen molar-refractivity contribution in [3.05, 3.63) is 46.0 Å². The number of allylic oxidation sites excluding steroid dienone is 1. The fraction of sp³-hybridized carbons (Fsp3) is 0.735. The van der Waals surface area contributed by atoms with Crippen molar-refractivity contribution in [2.24, 2.45) is 46.3 Å². The summed E-state index contributed by atoms with van der Waals surface area (Å²) in [6.45, 7) is 12.4. The van der Waals surface area contributed by atoms with Gasteiger partial charge in [0.2, 0.25) is 0 Å². The summed E-state index contributed by atoms with van der Waals surface area (Å²) >= 11 is 0. The molecule has 4 aliphatic carbocycles. The van der Waals surface area contributed by atoms with E-state index in [9.17, 15) is 14.9 Å². The van der Waals surface area contributed by atoms with Crippen molar-refractivity contribution in [2.75, 3.05) is 0 Å². The van der Waals surface area contributed by atoms with Gasteiger partial charge in [0.1, 0.15) is 11.9 Å². The molecule has 1 aromatic rings. The number of fused-ring (bicyclic) bond motifs is 5. The average Bonchev–Trinajstić information content (AvgIpc) is 3.26. The van der Waals surface area contributed by atoms with E-state index in [2.05, 4.69) is 40.7 Å². The van der Waals surface area contributed by atoms with Crippen molar-refractivity contribution in [1.82, 2.24) is 0 Å². The maximum atomic E-state index is 12.5. The summed E-state index contributed by atoms with van der Waals surface area (Å²) in [4.78, 5) is 23.1. The molecule has 0 heterocycles. The van der Waals surface area contributed by atoms with E-state index in [1.54, 1.807) is 0 Å². The predicted octanol–water partition coefficient (Wildman–Crippen LogP) is 9.52. The van der Waals surface area contributed by atoms with Gasteiger partial charge in [0, 0.05) is 12.5 Å². The van der Waals surface area contributed by atoms with E-state index in [4.69, 9.17) is 9.47 Å². The monoisotopic (exact) mass is 551 g/mol. The van der Waals surface area contributed by atoms with Crippen LogP contribution in [-0.2, 0) is 4.74 Å². The van der Waals surface area contributed by atoms with Crippen molar-refractivity contribution < 1.29 is 19.2 Å². The Bertz CT molecular complexity index is 1130. The zero-order valence-corrected chi connectivity index (χ0v) is 25.2. The highest BCUT2D eigenvalue weighted by molar-refractivity contribution is 5.64. The van der Waals surface area contributed by atoms with Crippen LogP contribution in [0.3, 0.4) is 0 Å². The summed E-state index contributed by atoms with van der Waals surface area (Å²) in [6.07, 6.45) is 14.9. The number of benzene rings is 1. The lowest BCUT2D eigenvalue weighted by atomic mass is 9.47. The lowest BCUT2D eigenvalue weighted by molar-refractivity contribution is -0.384. The molecule has 220 valence electrons. The van der Waals surface area contributed by atoms with Crippen LogP contribution in [0.5, 0.6) is 5.75 Å². The van der Waals surface area contributed by atoms with Crippen molar-refractivity contribution >= 4 is 11.8 Å². The molecule has 0 unspecified atom stereocenters. The Morgan fingerprint density at radius 3 is 2.62 bits per heavy atom. The lowest BCUT2D eigenvalue weighted by Gasteiger charge is -2.58. The van der Waals surface area contributed by atoms with Gasteiger partial charge in [-0.1, -0.05) is 71.6 Å². The highest BCUT2D eigenvalue weighted by Crippen LogP contribution is 2.67. The molecule has 1 aromatic carbocycles. The molecule has 6 nitrogen and oxygen atoms in total. The van der Waals surface area contributed by atoms with Crippen LogP contribution >= 0.6 is 0 Å². The molecular formula is C34H49NO5. The third-order valence-corrected chi connectivity index (χ3v) is 11.8. The number of carbonyl (C=O) groups excluding carboxylic acids is 1. The molecule has 5 rings (SSSR count). The molecule has 0 N–H and O–H groups in total. The van der Waals surface area contributed by atoms with Gasteiger partial charge in [0.25, 0.3) is 5.69 Å². The van der Waals surface area contributed by atoms with E-state index in [0.717, 1.165) is 61.2 Å².